The van der Waals surface area contributed by atoms with Gasteiger partial charge in [0.1, 0.15) is 11.0 Å². The average molecular weight is 291 g/mol. The van der Waals surface area contributed by atoms with E-state index in [1.807, 2.05) is 30.3 Å². The molecule has 6 nitrogen and oxygen atoms in total. The summed E-state index contributed by atoms with van der Waals surface area (Å²) in [6.07, 6.45) is 0. The molecule has 0 aliphatic carbocycles. The molecule has 3 N–H and O–H groups in total. The number of H-pyrrole nitrogens is 2. The predicted molar refractivity (Wildman–Crippen MR) is 83.4 cm³/mol. The van der Waals surface area contributed by atoms with Crippen molar-refractivity contribution >= 4 is 27.8 Å². The fraction of sp³-hybridized carbons (Fsp3) is 0.0625. The quantitative estimate of drug-likeness (QED) is 0.541. The number of nitrogens with zero attached hydrogens (tertiary/aromatic N) is 2. The second-order valence-electron chi connectivity index (χ2n) is 5.09. The standard InChI is InChI=1S/C16H13N5O/c22-16(11-5-6-14-15(8-11)20-21-19-14)17-9-12-7-10-3-1-2-4-13(10)18-12/h1-8,18H,9H2,(H,17,22)(H,19,20,21). The first kappa shape index (κ1) is 12.6. The third-order valence-electron chi connectivity index (χ3n) is 3.60. The zero-order valence-corrected chi connectivity index (χ0v) is 11.6. The van der Waals surface area contributed by atoms with Crippen molar-refractivity contribution in [3.63, 3.8) is 0 Å². The topological polar surface area (TPSA) is 86.5 Å². The van der Waals surface area contributed by atoms with Crippen LogP contribution in [0.15, 0.2) is 48.5 Å². The minimum absolute atomic E-state index is 0.136. The molecular weight excluding hydrogens is 278 g/mol. The van der Waals surface area contributed by atoms with Gasteiger partial charge in [-0.25, -0.2) is 0 Å². The highest BCUT2D eigenvalue weighted by Crippen LogP contribution is 2.15. The van der Waals surface area contributed by atoms with Crippen molar-refractivity contribution in [3.8, 4) is 0 Å². The van der Waals surface area contributed by atoms with Crippen molar-refractivity contribution in [1.82, 2.24) is 25.7 Å². The lowest BCUT2D eigenvalue weighted by molar-refractivity contribution is 0.0950. The number of nitrogens with one attached hydrogen (secondary N) is 3. The summed E-state index contributed by atoms with van der Waals surface area (Å²) in [7, 11) is 0. The summed E-state index contributed by atoms with van der Waals surface area (Å²) in [5.74, 6) is -0.136. The number of carbonyl (C=O) groups excluding carboxylic acids is 1. The van der Waals surface area contributed by atoms with Gasteiger partial charge in [-0.15, -0.1) is 0 Å². The number of fused-ring (bicyclic) bond motifs is 2. The number of hydrogen-bond donors (Lipinski definition) is 3. The van der Waals surface area contributed by atoms with Gasteiger partial charge in [0.15, 0.2) is 0 Å². The molecule has 0 fully saturated rings. The largest absolute Gasteiger partial charge is 0.357 e. The first-order chi connectivity index (χ1) is 10.8. The number of para-hydroxylation sites is 1. The maximum absolute atomic E-state index is 12.2. The molecule has 0 atom stereocenters. The Kier molecular flexibility index (Phi) is 2.86. The molecule has 2 heterocycles. The molecule has 0 spiro atoms. The molecule has 108 valence electrons. The maximum Gasteiger partial charge on any atom is 0.251 e. The summed E-state index contributed by atoms with van der Waals surface area (Å²) in [5, 5.41) is 14.5. The van der Waals surface area contributed by atoms with E-state index >= 15 is 0 Å². The lowest BCUT2D eigenvalue weighted by Gasteiger charge is -2.03. The average Bonchev–Trinajstić information content (AvgIpc) is 3.17. The second kappa shape index (κ2) is 5.00. The normalized spacial score (nSPS) is 11.1. The zero-order chi connectivity index (χ0) is 14.9. The van der Waals surface area contributed by atoms with Crippen LogP contribution in [0.1, 0.15) is 16.1 Å². The van der Waals surface area contributed by atoms with Gasteiger partial charge in [0, 0.05) is 16.8 Å². The predicted octanol–water partition coefficient (Wildman–Crippen LogP) is 2.37. The van der Waals surface area contributed by atoms with E-state index in [1.165, 1.54) is 0 Å². The molecular formula is C16H13N5O. The molecule has 4 rings (SSSR count). The summed E-state index contributed by atoms with van der Waals surface area (Å²) in [4.78, 5) is 15.5. The van der Waals surface area contributed by atoms with Crippen LogP contribution in [0.25, 0.3) is 21.9 Å². The molecule has 1 amide bonds. The Bertz CT molecular complexity index is 936. The number of benzene rings is 2. The van der Waals surface area contributed by atoms with Crippen LogP contribution in [0.4, 0.5) is 0 Å². The van der Waals surface area contributed by atoms with Crippen LogP contribution in [0.5, 0.6) is 0 Å². The minimum Gasteiger partial charge on any atom is -0.357 e. The molecule has 4 aromatic rings. The molecule has 6 heteroatoms. The molecule has 0 bridgehead atoms. The van der Waals surface area contributed by atoms with E-state index < -0.39 is 0 Å². The molecule has 0 radical (unpaired) electrons. The van der Waals surface area contributed by atoms with Crippen molar-refractivity contribution in [3.05, 3.63) is 59.8 Å². The fourth-order valence-electron chi connectivity index (χ4n) is 2.49. The van der Waals surface area contributed by atoms with Crippen LogP contribution < -0.4 is 5.32 Å². The number of aromatic nitrogens is 4. The highest BCUT2D eigenvalue weighted by Gasteiger charge is 2.08. The summed E-state index contributed by atoms with van der Waals surface area (Å²) >= 11 is 0. The Morgan fingerprint density at radius 2 is 1.91 bits per heavy atom. The van der Waals surface area contributed by atoms with Crippen LogP contribution in [0, 0.1) is 0 Å². The van der Waals surface area contributed by atoms with Crippen molar-refractivity contribution in [2.45, 2.75) is 6.54 Å². The first-order valence-corrected chi connectivity index (χ1v) is 6.95. The molecule has 0 saturated heterocycles. The van der Waals surface area contributed by atoms with Crippen molar-refractivity contribution < 1.29 is 4.79 Å². The van der Waals surface area contributed by atoms with Gasteiger partial charge in [0.25, 0.3) is 5.91 Å². The van der Waals surface area contributed by atoms with E-state index in [-0.39, 0.29) is 5.91 Å². The number of rotatable bonds is 3. The Labute approximate surface area is 125 Å². The van der Waals surface area contributed by atoms with Crippen LogP contribution in [0.3, 0.4) is 0 Å². The van der Waals surface area contributed by atoms with Gasteiger partial charge in [0.05, 0.1) is 6.54 Å². The van der Waals surface area contributed by atoms with Crippen LogP contribution >= 0.6 is 0 Å². The van der Waals surface area contributed by atoms with Crippen LogP contribution in [-0.2, 0) is 6.54 Å². The maximum atomic E-state index is 12.2. The van der Waals surface area contributed by atoms with Gasteiger partial charge < -0.3 is 10.3 Å². The second-order valence-corrected chi connectivity index (χ2v) is 5.09. The van der Waals surface area contributed by atoms with E-state index in [9.17, 15) is 4.79 Å². The lowest BCUT2D eigenvalue weighted by Crippen LogP contribution is -2.22. The van der Waals surface area contributed by atoms with Gasteiger partial charge in [0.2, 0.25) is 0 Å². The third-order valence-corrected chi connectivity index (χ3v) is 3.60. The summed E-state index contributed by atoms with van der Waals surface area (Å²) < 4.78 is 0. The molecule has 0 unspecified atom stereocenters. The van der Waals surface area contributed by atoms with Gasteiger partial charge in [-0.1, -0.05) is 18.2 Å². The number of aromatic amines is 2. The SMILES string of the molecule is O=C(NCc1cc2ccccc2[nH]1)c1ccc2n[nH]nc2c1. The van der Waals surface area contributed by atoms with E-state index in [4.69, 9.17) is 0 Å². The fourth-order valence-corrected chi connectivity index (χ4v) is 2.49. The van der Waals surface area contributed by atoms with E-state index in [1.54, 1.807) is 18.2 Å². The molecule has 0 aliphatic heterocycles. The Balaban J connectivity index is 1.51. The first-order valence-electron chi connectivity index (χ1n) is 6.95. The number of carbonyl (C=O) groups is 1. The van der Waals surface area contributed by atoms with Gasteiger partial charge >= 0.3 is 0 Å². The number of amides is 1. The van der Waals surface area contributed by atoms with Gasteiger partial charge in [-0.3, -0.25) is 4.79 Å². The van der Waals surface area contributed by atoms with E-state index in [2.05, 4.69) is 25.7 Å². The van der Waals surface area contributed by atoms with Crippen LogP contribution in [0.2, 0.25) is 0 Å². The third kappa shape index (κ3) is 2.20. The van der Waals surface area contributed by atoms with Crippen molar-refractivity contribution in [2.75, 3.05) is 0 Å². The monoisotopic (exact) mass is 291 g/mol. The summed E-state index contributed by atoms with van der Waals surface area (Å²) in [5.41, 5.74) is 4.02. The summed E-state index contributed by atoms with van der Waals surface area (Å²) in [6.45, 7) is 0.449. The molecule has 2 aromatic heterocycles. The van der Waals surface area contributed by atoms with Gasteiger partial charge in [-0.2, -0.15) is 15.4 Å². The molecule has 0 aliphatic rings. The zero-order valence-electron chi connectivity index (χ0n) is 11.6. The van der Waals surface area contributed by atoms with E-state index in [0.29, 0.717) is 17.6 Å². The highest BCUT2D eigenvalue weighted by molar-refractivity contribution is 5.97. The molecule has 2 aromatic carbocycles. The molecule has 0 saturated carbocycles. The Hall–Kier alpha value is -3.15. The highest BCUT2D eigenvalue weighted by atomic mass is 16.1. The Morgan fingerprint density at radius 1 is 1.05 bits per heavy atom. The molecule has 22 heavy (non-hydrogen) atoms. The summed E-state index contributed by atoms with van der Waals surface area (Å²) in [6, 6.07) is 15.3. The van der Waals surface area contributed by atoms with Gasteiger partial charge in [-0.05, 0) is 35.7 Å². The van der Waals surface area contributed by atoms with E-state index in [0.717, 1.165) is 22.1 Å². The van der Waals surface area contributed by atoms with Crippen molar-refractivity contribution in [1.29, 1.82) is 0 Å². The number of hydrogen-bond acceptors (Lipinski definition) is 3. The minimum atomic E-state index is -0.136. The van der Waals surface area contributed by atoms with Crippen molar-refractivity contribution in [2.24, 2.45) is 0 Å². The van der Waals surface area contributed by atoms with Crippen LogP contribution in [-0.4, -0.2) is 26.3 Å². The lowest BCUT2D eigenvalue weighted by atomic mass is 10.2. The Morgan fingerprint density at radius 3 is 2.82 bits per heavy atom. The smallest absolute Gasteiger partial charge is 0.251 e.